The maximum Gasteiger partial charge on any atom is 0.310 e. The Balaban J connectivity index is 2.32. The first kappa shape index (κ1) is 11.1. The molecule has 0 bridgehead atoms. The molecule has 1 heterocycles. The van der Waals surface area contributed by atoms with Crippen molar-refractivity contribution in [2.24, 2.45) is 0 Å². The van der Waals surface area contributed by atoms with Gasteiger partial charge in [-0.3, -0.25) is 4.79 Å². The number of hydrogen-bond donors (Lipinski definition) is 0. The van der Waals surface area contributed by atoms with Gasteiger partial charge in [-0.25, -0.2) is 4.39 Å². The average Bonchev–Trinajstić information content (AvgIpc) is 2.64. The first-order valence-electron chi connectivity index (χ1n) is 5.02. The Morgan fingerprint density at radius 1 is 1.50 bits per heavy atom. The van der Waals surface area contributed by atoms with Crippen LogP contribution in [0.3, 0.4) is 0 Å². The Morgan fingerprint density at radius 2 is 2.31 bits per heavy atom. The lowest BCUT2D eigenvalue weighted by Crippen LogP contribution is -2.06. The molecule has 2 nitrogen and oxygen atoms in total. The van der Waals surface area contributed by atoms with Gasteiger partial charge in [0, 0.05) is 0 Å². The fourth-order valence-corrected chi connectivity index (χ4v) is 2.56. The molecule has 0 saturated heterocycles. The van der Waals surface area contributed by atoms with Crippen LogP contribution in [-0.2, 0) is 16.0 Å². The van der Waals surface area contributed by atoms with E-state index in [1.165, 1.54) is 17.4 Å². The molecule has 0 aliphatic heterocycles. The molecule has 2 aromatic rings. The number of halogens is 1. The van der Waals surface area contributed by atoms with E-state index in [4.69, 9.17) is 4.74 Å². The smallest absolute Gasteiger partial charge is 0.310 e. The fraction of sp³-hybridized carbons (Fsp3) is 0.250. The molecule has 0 fully saturated rings. The molecule has 0 amide bonds. The molecule has 2 rings (SSSR count). The van der Waals surface area contributed by atoms with Crippen LogP contribution in [0.25, 0.3) is 10.1 Å². The van der Waals surface area contributed by atoms with Gasteiger partial charge in [0.1, 0.15) is 5.82 Å². The molecule has 0 saturated carbocycles. The molecule has 4 heteroatoms. The molecule has 0 atom stereocenters. The normalized spacial score (nSPS) is 10.6. The summed E-state index contributed by atoms with van der Waals surface area (Å²) in [4.78, 5) is 11.3. The maximum atomic E-state index is 13.4. The summed E-state index contributed by atoms with van der Waals surface area (Å²) in [7, 11) is 0. The van der Waals surface area contributed by atoms with E-state index in [9.17, 15) is 9.18 Å². The number of rotatable bonds is 3. The van der Waals surface area contributed by atoms with Crippen molar-refractivity contribution >= 4 is 27.4 Å². The van der Waals surface area contributed by atoms with Crippen molar-refractivity contribution in [3.63, 3.8) is 0 Å². The van der Waals surface area contributed by atoms with Crippen LogP contribution >= 0.6 is 11.3 Å². The quantitative estimate of drug-likeness (QED) is 0.768. The van der Waals surface area contributed by atoms with E-state index in [0.29, 0.717) is 11.3 Å². The highest BCUT2D eigenvalue weighted by Crippen LogP contribution is 2.28. The summed E-state index contributed by atoms with van der Waals surface area (Å²) >= 11 is 1.32. The monoisotopic (exact) mass is 238 g/mol. The largest absolute Gasteiger partial charge is 0.466 e. The highest BCUT2D eigenvalue weighted by Gasteiger charge is 2.11. The Hall–Kier alpha value is -1.42. The molecule has 0 aliphatic carbocycles. The van der Waals surface area contributed by atoms with E-state index in [1.54, 1.807) is 13.0 Å². The third kappa shape index (κ3) is 2.07. The maximum absolute atomic E-state index is 13.4. The third-order valence-electron chi connectivity index (χ3n) is 2.27. The van der Waals surface area contributed by atoms with Crippen molar-refractivity contribution in [1.82, 2.24) is 0 Å². The molecule has 0 unspecified atom stereocenters. The van der Waals surface area contributed by atoms with Crippen molar-refractivity contribution in [3.8, 4) is 0 Å². The second-order valence-corrected chi connectivity index (χ2v) is 4.24. The molecule has 84 valence electrons. The zero-order chi connectivity index (χ0) is 11.5. The average molecular weight is 238 g/mol. The fourth-order valence-electron chi connectivity index (χ4n) is 1.58. The number of carbonyl (C=O) groups is 1. The Kier molecular flexibility index (Phi) is 3.19. The number of hydrogen-bond acceptors (Lipinski definition) is 3. The van der Waals surface area contributed by atoms with E-state index in [2.05, 4.69) is 0 Å². The lowest BCUT2D eigenvalue weighted by atomic mass is 10.1. The van der Waals surface area contributed by atoms with Crippen molar-refractivity contribution in [1.29, 1.82) is 0 Å². The molecule has 16 heavy (non-hydrogen) atoms. The Bertz CT molecular complexity index is 519. The van der Waals surface area contributed by atoms with Crippen molar-refractivity contribution in [2.45, 2.75) is 13.3 Å². The SMILES string of the molecule is CCOC(=O)Cc1csc2c(F)cccc12. The molecule has 1 aromatic heterocycles. The lowest BCUT2D eigenvalue weighted by Gasteiger charge is -2.00. The highest BCUT2D eigenvalue weighted by molar-refractivity contribution is 7.17. The van der Waals surface area contributed by atoms with Crippen molar-refractivity contribution in [3.05, 3.63) is 35.0 Å². The number of carbonyl (C=O) groups excluding carboxylic acids is 1. The Morgan fingerprint density at radius 3 is 3.06 bits per heavy atom. The van der Waals surface area contributed by atoms with Crippen LogP contribution in [0.15, 0.2) is 23.6 Å². The minimum atomic E-state index is -0.272. The predicted octanol–water partition coefficient (Wildman–Crippen LogP) is 3.15. The number of fused-ring (bicyclic) bond motifs is 1. The van der Waals surface area contributed by atoms with Gasteiger partial charge in [0.25, 0.3) is 0 Å². The molecule has 0 radical (unpaired) electrons. The predicted molar refractivity (Wildman–Crippen MR) is 62.1 cm³/mol. The van der Waals surface area contributed by atoms with Crippen LogP contribution in [0.2, 0.25) is 0 Å². The summed E-state index contributed by atoms with van der Waals surface area (Å²) < 4.78 is 18.8. The van der Waals surface area contributed by atoms with Crippen molar-refractivity contribution < 1.29 is 13.9 Å². The van der Waals surface area contributed by atoms with Crippen LogP contribution in [0, 0.1) is 5.82 Å². The third-order valence-corrected chi connectivity index (χ3v) is 3.33. The second-order valence-electron chi connectivity index (χ2n) is 3.36. The standard InChI is InChI=1S/C12H11FO2S/c1-2-15-11(14)6-8-7-16-12-9(8)4-3-5-10(12)13/h3-5,7H,2,6H2,1H3. The van der Waals surface area contributed by atoms with E-state index >= 15 is 0 Å². The Labute approximate surface area is 96.7 Å². The van der Waals surface area contributed by atoms with Crippen LogP contribution < -0.4 is 0 Å². The zero-order valence-electron chi connectivity index (χ0n) is 8.83. The van der Waals surface area contributed by atoms with E-state index in [0.717, 1.165) is 10.9 Å². The highest BCUT2D eigenvalue weighted by atomic mass is 32.1. The summed E-state index contributed by atoms with van der Waals surface area (Å²) in [5.74, 6) is -0.510. The summed E-state index contributed by atoms with van der Waals surface area (Å²) in [6, 6.07) is 4.90. The minimum Gasteiger partial charge on any atom is -0.466 e. The number of benzene rings is 1. The van der Waals surface area contributed by atoms with Gasteiger partial charge in [-0.15, -0.1) is 11.3 Å². The molecular formula is C12H11FO2S. The van der Waals surface area contributed by atoms with Crippen molar-refractivity contribution in [2.75, 3.05) is 6.61 Å². The van der Waals surface area contributed by atoms with Gasteiger partial charge in [-0.2, -0.15) is 0 Å². The van der Waals surface area contributed by atoms with E-state index in [1.807, 2.05) is 11.4 Å². The summed E-state index contributed by atoms with van der Waals surface area (Å²) in [6.07, 6.45) is 0.206. The molecule has 1 aromatic carbocycles. The van der Waals surface area contributed by atoms with Crippen LogP contribution in [0.4, 0.5) is 4.39 Å². The molecular weight excluding hydrogens is 227 g/mol. The van der Waals surface area contributed by atoms with Crippen LogP contribution in [-0.4, -0.2) is 12.6 Å². The number of esters is 1. The molecule has 0 aliphatic rings. The summed E-state index contributed by atoms with van der Waals surface area (Å²) in [5.41, 5.74) is 0.831. The van der Waals surface area contributed by atoms with Gasteiger partial charge in [-0.05, 0) is 29.3 Å². The number of ether oxygens (including phenoxy) is 1. The zero-order valence-corrected chi connectivity index (χ0v) is 9.64. The van der Waals surface area contributed by atoms with Crippen LogP contribution in [0.5, 0.6) is 0 Å². The van der Waals surface area contributed by atoms with E-state index < -0.39 is 0 Å². The second kappa shape index (κ2) is 4.61. The van der Waals surface area contributed by atoms with Gasteiger partial charge in [0.05, 0.1) is 17.7 Å². The summed E-state index contributed by atoms with van der Waals surface area (Å²) in [6.45, 7) is 2.14. The van der Waals surface area contributed by atoms with Gasteiger partial charge in [0.15, 0.2) is 0 Å². The first-order valence-corrected chi connectivity index (χ1v) is 5.90. The minimum absolute atomic E-state index is 0.206. The van der Waals surface area contributed by atoms with E-state index in [-0.39, 0.29) is 18.2 Å². The van der Waals surface area contributed by atoms with Gasteiger partial charge in [-0.1, -0.05) is 12.1 Å². The first-order chi connectivity index (χ1) is 7.72. The van der Waals surface area contributed by atoms with Gasteiger partial charge < -0.3 is 4.74 Å². The number of thiophene rings is 1. The van der Waals surface area contributed by atoms with Gasteiger partial charge in [0.2, 0.25) is 0 Å². The molecule has 0 N–H and O–H groups in total. The lowest BCUT2D eigenvalue weighted by molar-refractivity contribution is -0.142. The van der Waals surface area contributed by atoms with Crippen LogP contribution in [0.1, 0.15) is 12.5 Å². The summed E-state index contributed by atoms with van der Waals surface area (Å²) in [5, 5.41) is 2.61. The van der Waals surface area contributed by atoms with Gasteiger partial charge >= 0.3 is 5.97 Å². The molecule has 0 spiro atoms. The topological polar surface area (TPSA) is 26.3 Å².